The van der Waals surface area contributed by atoms with Gasteiger partial charge < -0.3 is 10.2 Å². The van der Waals surface area contributed by atoms with Gasteiger partial charge in [-0.25, -0.2) is 15.0 Å². The van der Waals surface area contributed by atoms with E-state index >= 15 is 0 Å². The molecule has 0 aliphatic carbocycles. The zero-order chi connectivity index (χ0) is 19.9. The zero-order valence-corrected chi connectivity index (χ0v) is 15.4. The van der Waals surface area contributed by atoms with Crippen LogP contribution >= 0.6 is 11.3 Å². The molecule has 3 rings (SSSR count). The Morgan fingerprint density at radius 1 is 1.18 bits per heavy atom. The summed E-state index contributed by atoms with van der Waals surface area (Å²) in [5.74, 6) is 0.0714. The molecule has 0 radical (unpaired) electrons. The molecule has 3 aromatic rings. The standard InChI is InChI=1S/C17H14N8O2S/c18-7-3-9-24(10-4-8-19)16-14(25(26)27)15(20-11-21-16)23-17-22-12-5-1-2-6-13(12)28-17/h1-2,5-6,11H,3-4,9-10H2,(H,20,21,22,23). The van der Waals surface area contributed by atoms with Gasteiger partial charge in [-0.2, -0.15) is 10.5 Å². The van der Waals surface area contributed by atoms with Crippen LogP contribution in [0, 0.1) is 32.8 Å². The molecule has 0 aliphatic rings. The van der Waals surface area contributed by atoms with Crippen LogP contribution in [0.1, 0.15) is 12.8 Å². The number of benzene rings is 1. The summed E-state index contributed by atoms with van der Waals surface area (Å²) in [4.78, 5) is 25.2. The molecule has 2 aromatic heterocycles. The fourth-order valence-electron chi connectivity index (χ4n) is 2.58. The first-order chi connectivity index (χ1) is 13.6. The van der Waals surface area contributed by atoms with E-state index in [9.17, 15) is 10.1 Å². The quantitative estimate of drug-likeness (QED) is 0.449. The normalized spacial score (nSPS) is 10.2. The van der Waals surface area contributed by atoms with Gasteiger partial charge in [-0.05, 0) is 12.1 Å². The Bertz CT molecular complexity index is 1030. The molecule has 11 heteroatoms. The second-order valence-electron chi connectivity index (χ2n) is 5.57. The summed E-state index contributed by atoms with van der Waals surface area (Å²) in [7, 11) is 0. The summed E-state index contributed by atoms with van der Waals surface area (Å²) in [6.45, 7) is 0.438. The van der Waals surface area contributed by atoms with Gasteiger partial charge in [0.1, 0.15) is 6.33 Å². The number of anilines is 3. The maximum absolute atomic E-state index is 11.8. The molecule has 0 amide bonds. The number of aromatic nitrogens is 3. The van der Waals surface area contributed by atoms with Crippen molar-refractivity contribution in [2.75, 3.05) is 23.3 Å². The summed E-state index contributed by atoms with van der Waals surface area (Å²) in [5.41, 5.74) is 0.453. The van der Waals surface area contributed by atoms with Gasteiger partial charge in [-0.15, -0.1) is 0 Å². The van der Waals surface area contributed by atoms with Crippen LogP contribution in [0.3, 0.4) is 0 Å². The second-order valence-corrected chi connectivity index (χ2v) is 6.60. The second kappa shape index (κ2) is 8.70. The zero-order valence-electron chi connectivity index (χ0n) is 14.6. The Balaban J connectivity index is 1.99. The lowest BCUT2D eigenvalue weighted by Crippen LogP contribution is -2.27. The predicted molar refractivity (Wildman–Crippen MR) is 104 cm³/mol. The average Bonchev–Trinajstić information content (AvgIpc) is 3.10. The Kier molecular flexibility index (Phi) is 5.89. The summed E-state index contributed by atoms with van der Waals surface area (Å²) >= 11 is 1.35. The maximum atomic E-state index is 11.8. The molecule has 0 fully saturated rings. The molecule has 2 heterocycles. The molecular weight excluding hydrogens is 380 g/mol. The highest BCUT2D eigenvalue weighted by atomic mass is 32.1. The molecule has 1 N–H and O–H groups in total. The first kappa shape index (κ1) is 18.9. The van der Waals surface area contributed by atoms with Crippen LogP contribution in [0.15, 0.2) is 30.6 Å². The Hall–Kier alpha value is -3.83. The number of nitrogens with one attached hydrogen (secondary N) is 1. The summed E-state index contributed by atoms with van der Waals surface area (Å²) < 4.78 is 0.937. The molecule has 1 aromatic carbocycles. The monoisotopic (exact) mass is 394 g/mol. The van der Waals surface area contributed by atoms with Crippen molar-refractivity contribution >= 4 is 44.0 Å². The number of hydrogen-bond acceptors (Lipinski definition) is 10. The van der Waals surface area contributed by atoms with Crippen LogP contribution in [0.4, 0.5) is 22.5 Å². The van der Waals surface area contributed by atoms with Gasteiger partial charge >= 0.3 is 5.69 Å². The van der Waals surface area contributed by atoms with Crippen LogP contribution in [-0.4, -0.2) is 33.0 Å². The van der Waals surface area contributed by atoms with Crippen molar-refractivity contribution < 1.29 is 4.92 Å². The Morgan fingerprint density at radius 3 is 2.54 bits per heavy atom. The molecule has 28 heavy (non-hydrogen) atoms. The third-order valence-electron chi connectivity index (χ3n) is 3.79. The first-order valence-corrected chi connectivity index (χ1v) is 9.06. The molecule has 10 nitrogen and oxygen atoms in total. The van der Waals surface area contributed by atoms with Gasteiger partial charge in [-0.3, -0.25) is 10.1 Å². The lowest BCUT2D eigenvalue weighted by molar-refractivity contribution is -0.383. The minimum atomic E-state index is -0.573. The van der Waals surface area contributed by atoms with E-state index in [2.05, 4.69) is 20.3 Å². The van der Waals surface area contributed by atoms with E-state index < -0.39 is 4.92 Å². The smallest absolute Gasteiger partial charge is 0.349 e. The van der Waals surface area contributed by atoms with Gasteiger partial charge in [0.25, 0.3) is 0 Å². The van der Waals surface area contributed by atoms with E-state index in [1.807, 2.05) is 36.4 Å². The first-order valence-electron chi connectivity index (χ1n) is 8.25. The molecule has 140 valence electrons. The fraction of sp³-hybridized carbons (Fsp3) is 0.235. The van der Waals surface area contributed by atoms with E-state index in [1.54, 1.807) is 4.90 Å². The van der Waals surface area contributed by atoms with Gasteiger partial charge in [0.15, 0.2) is 5.13 Å². The van der Waals surface area contributed by atoms with E-state index in [1.165, 1.54) is 17.7 Å². The Labute approximate surface area is 163 Å². The average molecular weight is 394 g/mol. The number of nitrogens with zero attached hydrogens (tertiary/aromatic N) is 7. The third kappa shape index (κ3) is 4.11. The molecular formula is C17H14N8O2S. The van der Waals surface area contributed by atoms with Crippen molar-refractivity contribution in [3.63, 3.8) is 0 Å². The third-order valence-corrected chi connectivity index (χ3v) is 4.74. The van der Waals surface area contributed by atoms with Crippen molar-refractivity contribution in [1.29, 1.82) is 10.5 Å². The SMILES string of the molecule is N#CCCN(CCC#N)c1ncnc(Nc2nc3ccccc3s2)c1[N+](=O)[O-]. The molecule has 0 saturated heterocycles. The van der Waals surface area contributed by atoms with Crippen molar-refractivity contribution in [3.05, 3.63) is 40.7 Å². The van der Waals surface area contributed by atoms with E-state index in [0.29, 0.717) is 5.13 Å². The van der Waals surface area contributed by atoms with Gasteiger partial charge in [0, 0.05) is 13.1 Å². The van der Waals surface area contributed by atoms with Crippen molar-refractivity contribution in [2.45, 2.75) is 12.8 Å². The van der Waals surface area contributed by atoms with Gasteiger partial charge in [-0.1, -0.05) is 23.5 Å². The molecule has 0 saturated carbocycles. The fourth-order valence-corrected chi connectivity index (χ4v) is 3.45. The number of rotatable bonds is 8. The lowest BCUT2D eigenvalue weighted by atomic mass is 10.3. The van der Waals surface area contributed by atoms with Gasteiger partial charge in [0.2, 0.25) is 11.6 Å². The largest absolute Gasteiger partial charge is 0.353 e. The number of nitriles is 2. The Morgan fingerprint density at radius 2 is 1.89 bits per heavy atom. The minimum Gasteiger partial charge on any atom is -0.349 e. The van der Waals surface area contributed by atoms with Gasteiger partial charge in [0.05, 0.1) is 40.1 Å². The topological polar surface area (TPSA) is 145 Å². The van der Waals surface area contributed by atoms with Crippen molar-refractivity contribution in [2.24, 2.45) is 0 Å². The number of para-hydroxylation sites is 1. The maximum Gasteiger partial charge on any atom is 0.353 e. The summed E-state index contributed by atoms with van der Waals surface area (Å²) in [5, 5.41) is 32.9. The van der Waals surface area contributed by atoms with Crippen LogP contribution in [0.25, 0.3) is 10.2 Å². The summed E-state index contributed by atoms with van der Waals surface area (Å²) in [6.07, 6.45) is 1.50. The van der Waals surface area contributed by atoms with Crippen LogP contribution in [-0.2, 0) is 0 Å². The van der Waals surface area contributed by atoms with E-state index in [-0.39, 0.29) is 43.3 Å². The highest BCUT2D eigenvalue weighted by molar-refractivity contribution is 7.22. The lowest BCUT2D eigenvalue weighted by Gasteiger charge is -2.21. The molecule has 0 bridgehead atoms. The van der Waals surface area contributed by atoms with Crippen LogP contribution in [0.2, 0.25) is 0 Å². The highest BCUT2D eigenvalue weighted by Crippen LogP contribution is 2.35. The number of fused-ring (bicyclic) bond motifs is 1. The predicted octanol–water partition coefficient (Wildman–Crippen LogP) is 3.37. The van der Waals surface area contributed by atoms with Crippen molar-refractivity contribution in [1.82, 2.24) is 15.0 Å². The van der Waals surface area contributed by atoms with Crippen molar-refractivity contribution in [3.8, 4) is 12.1 Å². The minimum absolute atomic E-state index is 0.00738. The van der Waals surface area contributed by atoms with Crippen LogP contribution < -0.4 is 10.2 Å². The molecule has 0 unspecified atom stereocenters. The van der Waals surface area contributed by atoms with E-state index in [0.717, 1.165) is 10.2 Å². The van der Waals surface area contributed by atoms with E-state index in [4.69, 9.17) is 10.5 Å². The number of nitro groups is 1. The molecule has 0 spiro atoms. The van der Waals surface area contributed by atoms with Crippen LogP contribution in [0.5, 0.6) is 0 Å². The highest BCUT2D eigenvalue weighted by Gasteiger charge is 2.27. The number of thiazole rings is 1. The molecule has 0 aliphatic heterocycles. The number of hydrogen-bond donors (Lipinski definition) is 1. The summed E-state index contributed by atoms with van der Waals surface area (Å²) in [6, 6.07) is 11.5. The molecule has 0 atom stereocenters.